The number of nitrogens with two attached hydrogens (primary N) is 1. The van der Waals surface area contributed by atoms with Crippen molar-refractivity contribution in [3.8, 4) is 5.75 Å². The van der Waals surface area contributed by atoms with E-state index in [-0.39, 0.29) is 22.7 Å². The third kappa shape index (κ3) is 2.02. The minimum atomic E-state index is -0.775. The number of nitro benzene ring substituents is 1. The van der Waals surface area contributed by atoms with Crippen LogP contribution in [0.2, 0.25) is 0 Å². The zero-order valence-electron chi connectivity index (χ0n) is 8.81. The summed E-state index contributed by atoms with van der Waals surface area (Å²) in [5.74, 6) is -0.579. The van der Waals surface area contributed by atoms with E-state index < -0.39 is 10.8 Å². The minimum absolute atomic E-state index is 0.0202. The Bertz CT molecular complexity index is 407. The number of primary amides is 1. The lowest BCUT2D eigenvalue weighted by molar-refractivity contribution is -0.384. The molecule has 0 aliphatic rings. The van der Waals surface area contributed by atoms with Crippen molar-refractivity contribution < 1.29 is 14.5 Å². The van der Waals surface area contributed by atoms with Gasteiger partial charge in [-0.3, -0.25) is 14.9 Å². The van der Waals surface area contributed by atoms with Crippen LogP contribution in [-0.4, -0.2) is 25.0 Å². The van der Waals surface area contributed by atoms with Gasteiger partial charge in [0, 0.05) is 19.2 Å². The van der Waals surface area contributed by atoms with Crippen LogP contribution < -0.4 is 15.8 Å². The van der Waals surface area contributed by atoms with E-state index in [0.29, 0.717) is 0 Å². The number of rotatable bonds is 4. The lowest BCUT2D eigenvalue weighted by Crippen LogP contribution is -2.13. The summed E-state index contributed by atoms with van der Waals surface area (Å²) < 4.78 is 4.92. The summed E-state index contributed by atoms with van der Waals surface area (Å²) in [7, 11) is 2.89. The fraction of sp³-hybridized carbons (Fsp3) is 0.222. The number of nitrogens with one attached hydrogen (secondary N) is 1. The zero-order valence-corrected chi connectivity index (χ0v) is 8.81. The van der Waals surface area contributed by atoms with E-state index >= 15 is 0 Å². The molecule has 0 aliphatic heterocycles. The molecule has 1 aromatic rings. The Hall–Kier alpha value is -2.31. The third-order valence-corrected chi connectivity index (χ3v) is 2.05. The molecule has 16 heavy (non-hydrogen) atoms. The van der Waals surface area contributed by atoms with Gasteiger partial charge in [0.05, 0.1) is 17.6 Å². The van der Waals surface area contributed by atoms with E-state index in [1.165, 1.54) is 20.2 Å². The highest BCUT2D eigenvalue weighted by molar-refractivity contribution is 5.97. The molecule has 0 aromatic heterocycles. The molecule has 0 saturated heterocycles. The number of amides is 1. The van der Waals surface area contributed by atoms with E-state index in [2.05, 4.69) is 5.32 Å². The number of ether oxygens (including phenoxy) is 1. The molecule has 3 N–H and O–H groups in total. The molecule has 1 aromatic carbocycles. The zero-order chi connectivity index (χ0) is 12.3. The number of benzene rings is 1. The number of carbonyl (C=O) groups is 1. The normalized spacial score (nSPS) is 9.62. The Morgan fingerprint density at radius 2 is 2.19 bits per heavy atom. The summed E-state index contributed by atoms with van der Waals surface area (Å²) in [6, 6.07) is 2.45. The van der Waals surface area contributed by atoms with Gasteiger partial charge >= 0.3 is 0 Å². The molecule has 0 bridgehead atoms. The second-order valence-corrected chi connectivity index (χ2v) is 2.94. The van der Waals surface area contributed by atoms with Crippen LogP contribution in [0.15, 0.2) is 12.1 Å². The van der Waals surface area contributed by atoms with E-state index in [1.54, 1.807) is 0 Å². The summed E-state index contributed by atoms with van der Waals surface area (Å²) in [4.78, 5) is 21.2. The molecule has 7 nitrogen and oxygen atoms in total. The maximum Gasteiger partial charge on any atom is 0.293 e. The quantitative estimate of drug-likeness (QED) is 0.580. The van der Waals surface area contributed by atoms with E-state index in [1.807, 2.05) is 0 Å². The van der Waals surface area contributed by atoms with Gasteiger partial charge < -0.3 is 15.8 Å². The Kier molecular flexibility index (Phi) is 3.29. The number of hydrogen-bond acceptors (Lipinski definition) is 5. The van der Waals surface area contributed by atoms with Crippen molar-refractivity contribution in [1.29, 1.82) is 0 Å². The van der Waals surface area contributed by atoms with Gasteiger partial charge in [0.15, 0.2) is 0 Å². The van der Waals surface area contributed by atoms with Crippen LogP contribution in [0.25, 0.3) is 0 Å². The van der Waals surface area contributed by atoms with Crippen LogP contribution in [-0.2, 0) is 0 Å². The van der Waals surface area contributed by atoms with Gasteiger partial charge in [0.1, 0.15) is 11.4 Å². The number of carbonyl (C=O) groups excluding carboxylic acids is 1. The highest BCUT2D eigenvalue weighted by atomic mass is 16.6. The number of methoxy groups -OCH3 is 1. The van der Waals surface area contributed by atoms with Crippen molar-refractivity contribution >= 4 is 17.3 Å². The molecule has 0 radical (unpaired) electrons. The number of anilines is 1. The first-order chi connectivity index (χ1) is 7.51. The Balaban J connectivity index is 3.46. The van der Waals surface area contributed by atoms with Gasteiger partial charge in [-0.25, -0.2) is 0 Å². The topological polar surface area (TPSA) is 107 Å². The maximum absolute atomic E-state index is 11.1. The third-order valence-electron chi connectivity index (χ3n) is 2.05. The highest BCUT2D eigenvalue weighted by Gasteiger charge is 2.20. The summed E-state index contributed by atoms with van der Waals surface area (Å²) in [5.41, 5.74) is 5.10. The van der Waals surface area contributed by atoms with Crippen molar-refractivity contribution in [2.24, 2.45) is 5.73 Å². The standard InChI is InChI=1S/C9H11N3O4/c1-11-6-4-8(16-2)5(9(10)13)3-7(6)12(14)15/h3-4,11H,1-2H3,(H2,10,13). The molecule has 1 amide bonds. The molecular weight excluding hydrogens is 214 g/mol. The SMILES string of the molecule is CNc1cc(OC)c(C(N)=O)cc1[N+](=O)[O-]. The number of hydrogen-bond donors (Lipinski definition) is 2. The van der Waals surface area contributed by atoms with E-state index in [4.69, 9.17) is 10.5 Å². The summed E-state index contributed by atoms with van der Waals surface area (Å²) in [6.07, 6.45) is 0. The number of nitrogens with zero attached hydrogens (tertiary/aromatic N) is 1. The fourth-order valence-corrected chi connectivity index (χ4v) is 1.28. The molecule has 0 aliphatic carbocycles. The van der Waals surface area contributed by atoms with Crippen LogP contribution in [0.1, 0.15) is 10.4 Å². The average molecular weight is 225 g/mol. The molecule has 7 heteroatoms. The van der Waals surface area contributed by atoms with Crippen molar-refractivity contribution in [2.45, 2.75) is 0 Å². The van der Waals surface area contributed by atoms with Gasteiger partial charge in [-0.1, -0.05) is 0 Å². The molecule has 0 heterocycles. The van der Waals surface area contributed by atoms with Crippen molar-refractivity contribution in [1.82, 2.24) is 0 Å². The van der Waals surface area contributed by atoms with Gasteiger partial charge in [0.25, 0.3) is 11.6 Å². The summed E-state index contributed by atoms with van der Waals surface area (Å²) in [5, 5.41) is 13.4. The predicted octanol–water partition coefficient (Wildman–Crippen LogP) is 0.744. The first-order valence-electron chi connectivity index (χ1n) is 4.35. The van der Waals surface area contributed by atoms with E-state index in [9.17, 15) is 14.9 Å². The molecule has 86 valence electrons. The second kappa shape index (κ2) is 4.47. The van der Waals surface area contributed by atoms with Crippen LogP contribution in [0, 0.1) is 10.1 Å². The smallest absolute Gasteiger partial charge is 0.293 e. The van der Waals surface area contributed by atoms with Gasteiger partial charge in [-0.2, -0.15) is 0 Å². The maximum atomic E-state index is 11.1. The molecule has 0 fully saturated rings. The predicted molar refractivity (Wildman–Crippen MR) is 57.7 cm³/mol. The van der Waals surface area contributed by atoms with Crippen LogP contribution in [0.3, 0.4) is 0 Å². The molecule has 0 spiro atoms. The molecule has 0 saturated carbocycles. The Morgan fingerprint density at radius 3 is 2.56 bits per heavy atom. The highest BCUT2D eigenvalue weighted by Crippen LogP contribution is 2.32. The summed E-state index contributed by atoms with van der Waals surface area (Å²) >= 11 is 0. The fourth-order valence-electron chi connectivity index (χ4n) is 1.28. The monoisotopic (exact) mass is 225 g/mol. The lowest BCUT2D eigenvalue weighted by Gasteiger charge is -2.08. The van der Waals surface area contributed by atoms with Crippen molar-refractivity contribution in [3.05, 3.63) is 27.8 Å². The van der Waals surface area contributed by atoms with Crippen LogP contribution in [0.5, 0.6) is 5.75 Å². The van der Waals surface area contributed by atoms with Gasteiger partial charge in [-0.05, 0) is 0 Å². The van der Waals surface area contributed by atoms with Gasteiger partial charge in [-0.15, -0.1) is 0 Å². The first-order valence-corrected chi connectivity index (χ1v) is 4.35. The van der Waals surface area contributed by atoms with Crippen molar-refractivity contribution in [3.63, 3.8) is 0 Å². The van der Waals surface area contributed by atoms with E-state index in [0.717, 1.165) is 6.07 Å². The van der Waals surface area contributed by atoms with Crippen LogP contribution in [0.4, 0.5) is 11.4 Å². The first kappa shape index (κ1) is 11.8. The Labute approximate surface area is 91.3 Å². The molecule has 0 atom stereocenters. The molecule has 1 rings (SSSR count). The van der Waals surface area contributed by atoms with Crippen molar-refractivity contribution in [2.75, 3.05) is 19.5 Å². The Morgan fingerprint density at radius 1 is 1.56 bits per heavy atom. The van der Waals surface area contributed by atoms with Gasteiger partial charge in [0.2, 0.25) is 0 Å². The lowest BCUT2D eigenvalue weighted by atomic mass is 10.1. The molecular formula is C9H11N3O4. The second-order valence-electron chi connectivity index (χ2n) is 2.94. The largest absolute Gasteiger partial charge is 0.496 e. The molecule has 0 unspecified atom stereocenters. The van der Waals surface area contributed by atoms with Crippen LogP contribution >= 0.6 is 0 Å². The summed E-state index contributed by atoms with van der Waals surface area (Å²) in [6.45, 7) is 0. The number of nitro groups is 1. The average Bonchev–Trinajstić information content (AvgIpc) is 2.26. The minimum Gasteiger partial charge on any atom is -0.496 e.